The molecular formula is C26H30N2O4S. The first-order chi connectivity index (χ1) is 15.9. The van der Waals surface area contributed by atoms with E-state index in [-0.39, 0.29) is 24.4 Å². The molecule has 0 saturated carbocycles. The minimum absolute atomic E-state index is 0.108. The zero-order chi connectivity index (χ0) is 23.7. The molecule has 174 valence electrons. The molecule has 2 aromatic carbocycles. The molecule has 0 unspecified atom stereocenters. The van der Waals surface area contributed by atoms with Gasteiger partial charge in [0.25, 0.3) is 0 Å². The molecule has 0 spiro atoms. The van der Waals surface area contributed by atoms with E-state index in [0.717, 1.165) is 24.0 Å². The summed E-state index contributed by atoms with van der Waals surface area (Å²) in [6, 6.07) is 18.3. The van der Waals surface area contributed by atoms with Crippen LogP contribution in [0.15, 0.2) is 78.0 Å². The van der Waals surface area contributed by atoms with Gasteiger partial charge in [-0.2, -0.15) is 4.31 Å². The number of sulfonamides is 1. The van der Waals surface area contributed by atoms with Crippen LogP contribution in [0.25, 0.3) is 0 Å². The van der Waals surface area contributed by atoms with Gasteiger partial charge in [0.05, 0.1) is 6.42 Å². The number of aryl methyl sites for hydroxylation is 1. The molecule has 33 heavy (non-hydrogen) atoms. The smallest absolute Gasteiger partial charge is 0.307 e. The number of aliphatic carboxylic acids is 1. The highest BCUT2D eigenvalue weighted by molar-refractivity contribution is 7.89. The highest BCUT2D eigenvalue weighted by Gasteiger charge is 2.25. The fourth-order valence-corrected chi connectivity index (χ4v) is 5.07. The first-order valence-corrected chi connectivity index (χ1v) is 12.6. The zero-order valence-electron chi connectivity index (χ0n) is 18.9. The van der Waals surface area contributed by atoms with Gasteiger partial charge in [-0.05, 0) is 47.2 Å². The van der Waals surface area contributed by atoms with Crippen LogP contribution in [0.3, 0.4) is 0 Å². The van der Waals surface area contributed by atoms with Crippen LogP contribution in [0.5, 0.6) is 0 Å². The Labute approximate surface area is 196 Å². The van der Waals surface area contributed by atoms with Crippen LogP contribution < -0.4 is 0 Å². The highest BCUT2D eigenvalue weighted by atomic mass is 32.2. The SMILES string of the molecule is CCCCCc1ccc(CN(Cc2cccc(CC(=O)O)c2)S(=O)(=O)c2cccnc2)cc1. The molecule has 0 atom stereocenters. The van der Waals surface area contributed by atoms with E-state index < -0.39 is 16.0 Å². The molecular weight excluding hydrogens is 436 g/mol. The van der Waals surface area contributed by atoms with Crippen molar-refractivity contribution < 1.29 is 18.3 Å². The summed E-state index contributed by atoms with van der Waals surface area (Å²) in [6.07, 6.45) is 7.30. The third-order valence-corrected chi connectivity index (χ3v) is 7.20. The summed E-state index contributed by atoms with van der Waals surface area (Å²) in [4.78, 5) is 15.2. The molecule has 1 heterocycles. The maximum absolute atomic E-state index is 13.4. The fraction of sp³-hybridized carbons (Fsp3) is 0.308. The van der Waals surface area contributed by atoms with Crippen LogP contribution in [0.2, 0.25) is 0 Å². The molecule has 0 fully saturated rings. The van der Waals surface area contributed by atoms with Gasteiger partial charge in [0, 0.05) is 25.5 Å². The molecule has 0 radical (unpaired) electrons. The predicted molar refractivity (Wildman–Crippen MR) is 128 cm³/mol. The van der Waals surface area contributed by atoms with Crippen molar-refractivity contribution in [2.24, 2.45) is 0 Å². The van der Waals surface area contributed by atoms with E-state index in [0.29, 0.717) is 5.56 Å². The molecule has 0 saturated heterocycles. The van der Waals surface area contributed by atoms with E-state index in [1.807, 2.05) is 18.2 Å². The summed E-state index contributed by atoms with van der Waals surface area (Å²) in [5, 5.41) is 9.09. The molecule has 0 aliphatic rings. The Morgan fingerprint density at radius 2 is 1.61 bits per heavy atom. The Bertz CT molecular complexity index is 1150. The average Bonchev–Trinajstić information content (AvgIpc) is 2.80. The first kappa shape index (κ1) is 24.6. The molecule has 6 nitrogen and oxygen atoms in total. The maximum atomic E-state index is 13.4. The number of rotatable bonds is 12. The Hall–Kier alpha value is -3.03. The Balaban J connectivity index is 1.86. The number of aromatic nitrogens is 1. The number of unbranched alkanes of at least 4 members (excludes halogenated alkanes) is 2. The van der Waals surface area contributed by atoms with Gasteiger partial charge in [0.1, 0.15) is 4.90 Å². The maximum Gasteiger partial charge on any atom is 0.307 e. The Morgan fingerprint density at radius 1 is 0.909 bits per heavy atom. The number of hydrogen-bond acceptors (Lipinski definition) is 4. The summed E-state index contributed by atoms with van der Waals surface area (Å²) in [5.41, 5.74) is 3.51. The lowest BCUT2D eigenvalue weighted by Gasteiger charge is -2.23. The number of hydrogen-bond donors (Lipinski definition) is 1. The van der Waals surface area contributed by atoms with Gasteiger partial charge in [-0.15, -0.1) is 0 Å². The van der Waals surface area contributed by atoms with Crippen molar-refractivity contribution in [2.75, 3.05) is 0 Å². The second-order valence-corrected chi connectivity index (χ2v) is 10.1. The van der Waals surface area contributed by atoms with E-state index in [9.17, 15) is 13.2 Å². The second kappa shape index (κ2) is 11.7. The van der Waals surface area contributed by atoms with Crippen LogP contribution in [-0.4, -0.2) is 28.8 Å². The minimum atomic E-state index is -3.81. The van der Waals surface area contributed by atoms with Gasteiger partial charge >= 0.3 is 5.97 Å². The average molecular weight is 467 g/mol. The molecule has 3 aromatic rings. The van der Waals surface area contributed by atoms with Crippen molar-refractivity contribution in [3.63, 3.8) is 0 Å². The van der Waals surface area contributed by atoms with Gasteiger partial charge in [-0.3, -0.25) is 9.78 Å². The van der Waals surface area contributed by atoms with Crippen molar-refractivity contribution in [3.8, 4) is 0 Å². The van der Waals surface area contributed by atoms with Gasteiger partial charge in [-0.25, -0.2) is 8.42 Å². The van der Waals surface area contributed by atoms with Gasteiger partial charge in [0.2, 0.25) is 10.0 Å². The molecule has 1 N–H and O–H groups in total. The largest absolute Gasteiger partial charge is 0.481 e. The monoisotopic (exact) mass is 466 g/mol. The van der Waals surface area contributed by atoms with Crippen LogP contribution in [0.4, 0.5) is 0 Å². The molecule has 3 rings (SSSR count). The van der Waals surface area contributed by atoms with Crippen molar-refractivity contribution >= 4 is 16.0 Å². The van der Waals surface area contributed by atoms with Crippen LogP contribution >= 0.6 is 0 Å². The van der Waals surface area contributed by atoms with Gasteiger partial charge in [0.15, 0.2) is 0 Å². The zero-order valence-corrected chi connectivity index (χ0v) is 19.7. The summed E-state index contributed by atoms with van der Waals surface area (Å²) in [7, 11) is -3.81. The molecule has 1 aromatic heterocycles. The van der Waals surface area contributed by atoms with Crippen molar-refractivity contribution in [1.29, 1.82) is 0 Å². The number of benzene rings is 2. The first-order valence-electron chi connectivity index (χ1n) is 11.2. The summed E-state index contributed by atoms with van der Waals surface area (Å²) in [6.45, 7) is 2.51. The number of carbonyl (C=O) groups is 1. The normalized spacial score (nSPS) is 11.6. The van der Waals surface area contributed by atoms with Crippen molar-refractivity contribution in [1.82, 2.24) is 9.29 Å². The lowest BCUT2D eigenvalue weighted by atomic mass is 10.1. The molecule has 0 aliphatic carbocycles. The van der Waals surface area contributed by atoms with E-state index in [2.05, 4.69) is 24.0 Å². The third-order valence-electron chi connectivity index (χ3n) is 5.43. The standard InChI is InChI=1S/C26H30N2O4S/c1-2-3-4-7-21-11-13-22(14-12-21)19-28(33(31,32)25-10-6-15-27-18-25)20-24-9-5-8-23(16-24)17-26(29)30/h5-6,8-16,18H,2-4,7,17,19-20H2,1H3,(H,29,30). The van der Waals surface area contributed by atoms with Gasteiger partial charge in [-0.1, -0.05) is 68.3 Å². The fourth-order valence-electron chi connectivity index (χ4n) is 3.68. The summed E-state index contributed by atoms with van der Waals surface area (Å²) in [5.74, 6) is -0.925. The van der Waals surface area contributed by atoms with Crippen molar-refractivity contribution in [2.45, 2.75) is 57.0 Å². The summed E-state index contributed by atoms with van der Waals surface area (Å²) >= 11 is 0. The summed E-state index contributed by atoms with van der Waals surface area (Å²) < 4.78 is 28.3. The Kier molecular flexibility index (Phi) is 8.74. The number of carboxylic acid groups (broad SMARTS) is 1. The quantitative estimate of drug-likeness (QED) is 0.386. The number of nitrogens with zero attached hydrogens (tertiary/aromatic N) is 2. The van der Waals surface area contributed by atoms with E-state index in [4.69, 9.17) is 5.11 Å². The molecule has 0 amide bonds. The lowest BCUT2D eigenvalue weighted by Crippen LogP contribution is -2.30. The van der Waals surface area contributed by atoms with Crippen LogP contribution in [0, 0.1) is 0 Å². The highest BCUT2D eigenvalue weighted by Crippen LogP contribution is 2.22. The van der Waals surface area contributed by atoms with Crippen LogP contribution in [0.1, 0.15) is 48.4 Å². The number of pyridine rings is 1. The minimum Gasteiger partial charge on any atom is -0.481 e. The van der Waals surface area contributed by atoms with Gasteiger partial charge < -0.3 is 5.11 Å². The molecule has 0 aliphatic heterocycles. The molecule has 0 bridgehead atoms. The van der Waals surface area contributed by atoms with Crippen LogP contribution in [-0.2, 0) is 40.7 Å². The lowest BCUT2D eigenvalue weighted by molar-refractivity contribution is -0.136. The number of carboxylic acids is 1. The molecule has 7 heteroatoms. The Morgan fingerprint density at radius 3 is 2.27 bits per heavy atom. The third kappa shape index (κ3) is 7.23. The van der Waals surface area contributed by atoms with E-state index >= 15 is 0 Å². The second-order valence-electron chi connectivity index (χ2n) is 8.13. The predicted octanol–water partition coefficient (Wildman–Crippen LogP) is 4.83. The van der Waals surface area contributed by atoms with Crippen molar-refractivity contribution in [3.05, 3.63) is 95.3 Å². The van der Waals surface area contributed by atoms with E-state index in [1.165, 1.54) is 41.2 Å². The topological polar surface area (TPSA) is 87.6 Å². The van der Waals surface area contributed by atoms with E-state index in [1.54, 1.807) is 24.3 Å².